The lowest BCUT2D eigenvalue weighted by molar-refractivity contribution is 0.151. The lowest BCUT2D eigenvalue weighted by Gasteiger charge is -2.38. The molecule has 1 aliphatic heterocycles. The fourth-order valence-electron chi connectivity index (χ4n) is 5.28. The summed E-state index contributed by atoms with van der Waals surface area (Å²) in [5.74, 6) is -0.224. The van der Waals surface area contributed by atoms with Crippen molar-refractivity contribution < 1.29 is 18.0 Å². The Morgan fingerprint density at radius 3 is 2.10 bits per heavy atom. The minimum absolute atomic E-state index is 0.239. The topological polar surface area (TPSA) is 93.6 Å². The molecule has 0 radical (unpaired) electrons. The average Bonchev–Trinajstić information content (AvgIpc) is 2.97. The van der Waals surface area contributed by atoms with Crippen LogP contribution in [0, 0.1) is 11.7 Å². The first-order valence-electron chi connectivity index (χ1n) is 13.6. The Morgan fingerprint density at radius 1 is 0.927 bits per heavy atom. The molecule has 1 unspecified atom stereocenters. The number of likely N-dealkylation sites (tertiary alicyclic amines) is 1. The summed E-state index contributed by atoms with van der Waals surface area (Å²) in [5.41, 5.74) is 1.78. The number of benzene rings is 3. The van der Waals surface area contributed by atoms with E-state index in [1.165, 1.54) is 23.4 Å². The number of nitrogens with zero attached hydrogens (tertiary/aromatic N) is 2. The van der Waals surface area contributed by atoms with E-state index in [1.807, 2.05) is 17.1 Å². The fourth-order valence-corrected chi connectivity index (χ4v) is 6.17. The summed E-state index contributed by atoms with van der Waals surface area (Å²) in [6, 6.07) is 29.0. The van der Waals surface area contributed by atoms with E-state index in [0.717, 1.165) is 36.9 Å². The molecular formula is C31H33FN3O5P. The van der Waals surface area contributed by atoms with Crippen LogP contribution in [-0.4, -0.2) is 34.2 Å². The lowest BCUT2D eigenvalue weighted by atomic mass is 9.87. The number of H-pyrrole nitrogens is 1. The third-order valence-corrected chi connectivity index (χ3v) is 8.49. The molecule has 1 atom stereocenters. The highest BCUT2D eigenvalue weighted by atomic mass is 31.2. The molecule has 41 heavy (non-hydrogen) atoms. The van der Waals surface area contributed by atoms with Crippen molar-refractivity contribution in [3.8, 4) is 5.75 Å². The number of hydrogen-bond acceptors (Lipinski definition) is 6. The van der Waals surface area contributed by atoms with Crippen molar-refractivity contribution in [1.82, 2.24) is 14.5 Å². The van der Waals surface area contributed by atoms with Gasteiger partial charge in [0.15, 0.2) is 0 Å². The number of nitrogens with one attached hydrogen (secondary N) is 1. The predicted molar refractivity (Wildman–Crippen MR) is 156 cm³/mol. The molecule has 2 heterocycles. The van der Waals surface area contributed by atoms with Crippen molar-refractivity contribution in [2.45, 2.75) is 32.0 Å². The molecule has 5 rings (SSSR count). The van der Waals surface area contributed by atoms with Gasteiger partial charge < -0.3 is 4.52 Å². The first-order valence-corrected chi connectivity index (χ1v) is 15.6. The maximum Gasteiger partial charge on any atom is 0.377 e. The third-order valence-electron chi connectivity index (χ3n) is 7.36. The minimum Gasteiger partial charge on any atom is -0.424 e. The standard InChI is InChI=1S/C31H33FN3O5P/c1-41(38,39-22-35-21-28(32)30(36)33-31(35)37)40-27-14-12-23(13-15-27)20-24-16-18-34(19-17-24)29(25-8-4-2-5-9-25)26-10-6-3-7-11-26/h2-15,21,24,29H,16-20,22H2,1H3,(H,33,36,37). The highest BCUT2D eigenvalue weighted by molar-refractivity contribution is 7.53. The Hall–Kier alpha value is -3.78. The van der Waals surface area contributed by atoms with Crippen molar-refractivity contribution in [2.75, 3.05) is 19.8 Å². The highest BCUT2D eigenvalue weighted by Crippen LogP contribution is 2.44. The van der Waals surface area contributed by atoms with Gasteiger partial charge in [-0.3, -0.25) is 23.8 Å². The minimum atomic E-state index is -3.62. The van der Waals surface area contributed by atoms with Crippen LogP contribution < -0.4 is 15.8 Å². The Balaban J connectivity index is 1.15. The van der Waals surface area contributed by atoms with E-state index in [-0.39, 0.29) is 6.04 Å². The maximum absolute atomic E-state index is 13.5. The first-order chi connectivity index (χ1) is 19.8. The molecule has 10 heteroatoms. The number of aromatic amines is 1. The van der Waals surface area contributed by atoms with Gasteiger partial charge in [-0.15, -0.1) is 0 Å². The summed E-state index contributed by atoms with van der Waals surface area (Å²) < 4.78 is 37.8. The SMILES string of the molecule is CP(=O)(OCn1cc(F)c(=O)[nH]c1=O)Oc1ccc(CC2CCN(C(c3ccccc3)c3ccccc3)CC2)cc1. The second-order valence-corrected chi connectivity index (χ2v) is 12.4. The van der Waals surface area contributed by atoms with Gasteiger partial charge in [-0.2, -0.15) is 4.39 Å². The van der Waals surface area contributed by atoms with Crippen LogP contribution in [0.2, 0.25) is 0 Å². The molecular weight excluding hydrogens is 544 g/mol. The highest BCUT2D eigenvalue weighted by Gasteiger charge is 2.27. The molecule has 8 nitrogen and oxygen atoms in total. The Kier molecular flexibility index (Phi) is 8.98. The molecule has 0 aliphatic carbocycles. The van der Waals surface area contributed by atoms with Gasteiger partial charge in [-0.1, -0.05) is 72.8 Å². The fraction of sp³-hybridized carbons (Fsp3) is 0.290. The molecule has 0 amide bonds. The molecule has 214 valence electrons. The van der Waals surface area contributed by atoms with Crippen LogP contribution in [0.1, 0.15) is 35.6 Å². The molecule has 1 saturated heterocycles. The van der Waals surface area contributed by atoms with E-state index in [2.05, 4.69) is 65.6 Å². The monoisotopic (exact) mass is 577 g/mol. The normalized spacial score (nSPS) is 16.0. The van der Waals surface area contributed by atoms with Crippen molar-refractivity contribution in [2.24, 2.45) is 5.92 Å². The number of aromatic nitrogens is 2. The van der Waals surface area contributed by atoms with Crippen molar-refractivity contribution in [3.63, 3.8) is 0 Å². The Bertz CT molecular complexity index is 1560. The molecule has 3 aromatic carbocycles. The first kappa shape index (κ1) is 28.7. The molecule has 1 aromatic heterocycles. The van der Waals surface area contributed by atoms with Crippen molar-refractivity contribution in [1.29, 1.82) is 0 Å². The molecule has 1 aliphatic rings. The summed E-state index contributed by atoms with van der Waals surface area (Å²) in [5, 5.41) is 0. The van der Waals surface area contributed by atoms with Gasteiger partial charge in [0.25, 0.3) is 5.56 Å². The lowest BCUT2D eigenvalue weighted by Crippen LogP contribution is -2.37. The molecule has 1 fully saturated rings. The summed E-state index contributed by atoms with van der Waals surface area (Å²) in [6.07, 6.45) is 3.83. The molecule has 0 saturated carbocycles. The van der Waals surface area contributed by atoms with E-state index < -0.39 is 31.4 Å². The van der Waals surface area contributed by atoms with Crippen LogP contribution in [-0.2, 0) is 22.2 Å². The van der Waals surface area contributed by atoms with E-state index in [4.69, 9.17) is 9.05 Å². The Labute approximate surface area is 237 Å². The summed E-state index contributed by atoms with van der Waals surface area (Å²) in [6.45, 7) is 2.75. The zero-order valence-corrected chi connectivity index (χ0v) is 23.7. The van der Waals surface area contributed by atoms with Crippen molar-refractivity contribution in [3.05, 3.63) is 134 Å². The van der Waals surface area contributed by atoms with Gasteiger partial charge in [-0.05, 0) is 67.1 Å². The van der Waals surface area contributed by atoms with Crippen LogP contribution in [0.3, 0.4) is 0 Å². The zero-order valence-electron chi connectivity index (χ0n) is 22.8. The maximum atomic E-state index is 13.5. The van der Waals surface area contributed by atoms with Gasteiger partial charge in [0.2, 0.25) is 5.82 Å². The molecule has 4 aromatic rings. The van der Waals surface area contributed by atoms with Crippen LogP contribution in [0.5, 0.6) is 5.75 Å². The quantitative estimate of drug-likeness (QED) is 0.247. The van der Waals surface area contributed by atoms with E-state index >= 15 is 0 Å². The average molecular weight is 578 g/mol. The van der Waals surface area contributed by atoms with Crippen LogP contribution in [0.15, 0.2) is 101 Å². The van der Waals surface area contributed by atoms with Gasteiger partial charge >= 0.3 is 13.3 Å². The second-order valence-electron chi connectivity index (χ2n) is 10.4. The second kappa shape index (κ2) is 12.8. The van der Waals surface area contributed by atoms with Crippen LogP contribution in [0.4, 0.5) is 4.39 Å². The van der Waals surface area contributed by atoms with Gasteiger partial charge in [0.05, 0.1) is 12.2 Å². The van der Waals surface area contributed by atoms with Gasteiger partial charge in [-0.25, -0.2) is 9.36 Å². The van der Waals surface area contributed by atoms with E-state index in [1.54, 1.807) is 12.1 Å². The summed E-state index contributed by atoms with van der Waals surface area (Å²) in [7, 11) is -3.62. The number of halogens is 1. The number of piperidine rings is 1. The Morgan fingerprint density at radius 2 is 1.51 bits per heavy atom. The third kappa shape index (κ3) is 7.50. The van der Waals surface area contributed by atoms with Crippen molar-refractivity contribution >= 4 is 7.60 Å². The molecule has 0 bridgehead atoms. The smallest absolute Gasteiger partial charge is 0.377 e. The number of rotatable bonds is 10. The van der Waals surface area contributed by atoms with E-state index in [9.17, 15) is 18.5 Å². The number of hydrogen-bond donors (Lipinski definition) is 1. The van der Waals surface area contributed by atoms with Gasteiger partial charge in [0.1, 0.15) is 12.5 Å². The van der Waals surface area contributed by atoms with Crippen LogP contribution in [0.25, 0.3) is 0 Å². The predicted octanol–water partition coefficient (Wildman–Crippen LogP) is 5.60. The summed E-state index contributed by atoms with van der Waals surface area (Å²) >= 11 is 0. The van der Waals surface area contributed by atoms with E-state index in [0.29, 0.717) is 17.9 Å². The zero-order chi connectivity index (χ0) is 28.8. The summed E-state index contributed by atoms with van der Waals surface area (Å²) in [4.78, 5) is 27.3. The molecule has 1 N–H and O–H groups in total. The van der Waals surface area contributed by atoms with Gasteiger partial charge in [0, 0.05) is 6.66 Å². The van der Waals surface area contributed by atoms with Crippen LogP contribution >= 0.6 is 7.60 Å². The largest absolute Gasteiger partial charge is 0.424 e. The molecule has 0 spiro atoms.